The van der Waals surface area contributed by atoms with Crippen molar-refractivity contribution < 1.29 is 14.7 Å². The molecule has 0 aromatic heterocycles. The van der Waals surface area contributed by atoms with Crippen LogP contribution in [-0.2, 0) is 9.59 Å². The molecule has 2 aliphatic rings. The summed E-state index contributed by atoms with van der Waals surface area (Å²) >= 11 is 1.60. The van der Waals surface area contributed by atoms with Crippen molar-refractivity contribution in [3.05, 3.63) is 0 Å². The Morgan fingerprint density at radius 1 is 1.30 bits per heavy atom. The molecule has 3 unspecified atom stereocenters. The molecule has 2 fully saturated rings. The van der Waals surface area contributed by atoms with Gasteiger partial charge in [-0.05, 0) is 42.8 Å². The second-order valence-corrected chi connectivity index (χ2v) is 8.39. The van der Waals surface area contributed by atoms with Gasteiger partial charge in [-0.3, -0.25) is 4.79 Å². The minimum absolute atomic E-state index is 0.0458. The predicted molar refractivity (Wildman–Crippen MR) is 80.7 cm³/mol. The van der Waals surface area contributed by atoms with Gasteiger partial charge in [0.05, 0.1) is 0 Å². The van der Waals surface area contributed by atoms with Crippen LogP contribution in [0.2, 0.25) is 0 Å². The smallest absolute Gasteiger partial charge is 0.330 e. The lowest BCUT2D eigenvalue weighted by atomic mass is 9.67. The van der Waals surface area contributed by atoms with E-state index >= 15 is 0 Å². The van der Waals surface area contributed by atoms with E-state index in [1.54, 1.807) is 11.8 Å². The van der Waals surface area contributed by atoms with Crippen molar-refractivity contribution in [3.8, 4) is 0 Å². The molecule has 0 spiro atoms. The van der Waals surface area contributed by atoms with Gasteiger partial charge in [0.25, 0.3) is 0 Å². The Kier molecular flexibility index (Phi) is 4.38. The zero-order valence-electron chi connectivity index (χ0n) is 12.6. The van der Waals surface area contributed by atoms with Gasteiger partial charge in [0.15, 0.2) is 0 Å². The fraction of sp³-hybridized carbons (Fsp3) is 0.867. The van der Waals surface area contributed by atoms with Crippen LogP contribution >= 0.6 is 11.8 Å². The largest absolute Gasteiger partial charge is 0.479 e. The van der Waals surface area contributed by atoms with Crippen LogP contribution in [0.3, 0.4) is 0 Å². The first kappa shape index (κ1) is 15.7. The van der Waals surface area contributed by atoms with E-state index in [1.807, 2.05) is 0 Å². The molecule has 2 rings (SSSR count). The van der Waals surface area contributed by atoms with Gasteiger partial charge in [-0.1, -0.05) is 20.8 Å². The minimum Gasteiger partial charge on any atom is -0.479 e. The molecule has 3 atom stereocenters. The van der Waals surface area contributed by atoms with Crippen LogP contribution in [0, 0.1) is 17.3 Å². The SMILES string of the molecule is CC1CC(C(=O)NC2(C(=O)O)CCSC2)CC(C)(C)C1. The number of hydrogen-bond donors (Lipinski definition) is 2. The van der Waals surface area contributed by atoms with E-state index in [4.69, 9.17) is 0 Å². The topological polar surface area (TPSA) is 66.4 Å². The Morgan fingerprint density at radius 3 is 2.50 bits per heavy atom. The first-order chi connectivity index (χ1) is 9.24. The highest BCUT2D eigenvalue weighted by molar-refractivity contribution is 7.99. The maximum atomic E-state index is 12.5. The number of nitrogens with one attached hydrogen (secondary N) is 1. The standard InChI is InChI=1S/C15H25NO3S/c1-10-6-11(8-14(2,3)7-10)12(17)16-15(13(18)19)4-5-20-9-15/h10-11H,4-9H2,1-3H3,(H,16,17)(H,18,19). The highest BCUT2D eigenvalue weighted by Crippen LogP contribution is 2.42. The maximum Gasteiger partial charge on any atom is 0.330 e. The van der Waals surface area contributed by atoms with Crippen LogP contribution in [0.4, 0.5) is 0 Å². The molecular formula is C15H25NO3S. The molecule has 0 aromatic rings. The first-order valence-corrected chi connectivity index (χ1v) is 8.53. The molecule has 5 heteroatoms. The third kappa shape index (κ3) is 3.30. The summed E-state index contributed by atoms with van der Waals surface area (Å²) in [5.41, 5.74) is -0.868. The number of carboxylic acid groups (broad SMARTS) is 1. The molecule has 0 bridgehead atoms. The van der Waals surface area contributed by atoms with Crippen molar-refractivity contribution in [1.82, 2.24) is 5.32 Å². The second-order valence-electron chi connectivity index (χ2n) is 7.29. The summed E-state index contributed by atoms with van der Waals surface area (Å²) in [7, 11) is 0. The van der Waals surface area contributed by atoms with Crippen molar-refractivity contribution in [1.29, 1.82) is 0 Å². The summed E-state index contributed by atoms with van der Waals surface area (Å²) in [5, 5.41) is 12.3. The third-order valence-corrected chi connectivity index (χ3v) is 5.74. The monoisotopic (exact) mass is 299 g/mol. The summed E-state index contributed by atoms with van der Waals surface area (Å²) in [6, 6.07) is 0. The molecule has 1 aliphatic carbocycles. The zero-order chi connectivity index (χ0) is 15.0. The number of aliphatic carboxylic acids is 1. The molecule has 1 saturated carbocycles. The summed E-state index contributed by atoms with van der Waals surface area (Å²) in [6.07, 6.45) is 3.39. The predicted octanol–water partition coefficient (Wildman–Crippen LogP) is 2.53. The van der Waals surface area contributed by atoms with E-state index in [2.05, 4.69) is 26.1 Å². The first-order valence-electron chi connectivity index (χ1n) is 7.37. The van der Waals surface area contributed by atoms with Crippen LogP contribution in [0.1, 0.15) is 46.5 Å². The van der Waals surface area contributed by atoms with Crippen LogP contribution in [0.25, 0.3) is 0 Å². The van der Waals surface area contributed by atoms with E-state index in [1.165, 1.54) is 0 Å². The Hall–Kier alpha value is -0.710. The highest BCUT2D eigenvalue weighted by atomic mass is 32.2. The van der Waals surface area contributed by atoms with E-state index in [0.29, 0.717) is 18.1 Å². The molecule has 1 heterocycles. The Labute approximate surface area is 125 Å². The number of carbonyl (C=O) groups excluding carboxylic acids is 1. The van der Waals surface area contributed by atoms with Gasteiger partial charge in [0.1, 0.15) is 5.54 Å². The number of thioether (sulfide) groups is 1. The van der Waals surface area contributed by atoms with E-state index in [0.717, 1.165) is 25.0 Å². The Bertz CT molecular complexity index is 402. The van der Waals surface area contributed by atoms with Crippen molar-refractivity contribution in [2.24, 2.45) is 17.3 Å². The normalized spacial score (nSPS) is 36.5. The van der Waals surface area contributed by atoms with E-state index < -0.39 is 11.5 Å². The fourth-order valence-corrected chi connectivity index (χ4v) is 5.09. The van der Waals surface area contributed by atoms with Crippen LogP contribution in [0.15, 0.2) is 0 Å². The van der Waals surface area contributed by atoms with Crippen molar-refractivity contribution in [2.75, 3.05) is 11.5 Å². The van der Waals surface area contributed by atoms with Crippen LogP contribution in [-0.4, -0.2) is 34.0 Å². The third-order valence-electron chi connectivity index (χ3n) is 4.55. The summed E-state index contributed by atoms with van der Waals surface area (Å²) in [6.45, 7) is 6.57. The van der Waals surface area contributed by atoms with Crippen LogP contribution < -0.4 is 5.32 Å². The van der Waals surface area contributed by atoms with Crippen molar-refractivity contribution in [2.45, 2.75) is 52.0 Å². The van der Waals surface area contributed by atoms with Crippen LogP contribution in [0.5, 0.6) is 0 Å². The van der Waals surface area contributed by atoms with Crippen molar-refractivity contribution in [3.63, 3.8) is 0 Å². The molecule has 2 N–H and O–H groups in total. The summed E-state index contributed by atoms with van der Waals surface area (Å²) in [4.78, 5) is 24.0. The average Bonchev–Trinajstić information content (AvgIpc) is 2.76. The molecule has 114 valence electrons. The van der Waals surface area contributed by atoms with Gasteiger partial charge in [-0.25, -0.2) is 4.79 Å². The van der Waals surface area contributed by atoms with E-state index in [-0.39, 0.29) is 17.2 Å². The highest BCUT2D eigenvalue weighted by Gasteiger charge is 2.45. The summed E-state index contributed by atoms with van der Waals surface area (Å²) < 4.78 is 0. The lowest BCUT2D eigenvalue weighted by Gasteiger charge is -2.39. The maximum absolute atomic E-state index is 12.5. The number of carbonyl (C=O) groups is 2. The average molecular weight is 299 g/mol. The summed E-state index contributed by atoms with van der Waals surface area (Å²) in [5.74, 6) is 0.816. The van der Waals surface area contributed by atoms with Gasteiger partial charge >= 0.3 is 5.97 Å². The van der Waals surface area contributed by atoms with Gasteiger partial charge in [0, 0.05) is 11.7 Å². The molecular weight excluding hydrogens is 274 g/mol. The lowest BCUT2D eigenvalue weighted by Crippen LogP contribution is -2.56. The molecule has 20 heavy (non-hydrogen) atoms. The quantitative estimate of drug-likeness (QED) is 0.840. The van der Waals surface area contributed by atoms with E-state index in [9.17, 15) is 14.7 Å². The van der Waals surface area contributed by atoms with Gasteiger partial charge in [-0.2, -0.15) is 11.8 Å². The number of rotatable bonds is 3. The van der Waals surface area contributed by atoms with Gasteiger partial charge in [-0.15, -0.1) is 0 Å². The Morgan fingerprint density at radius 2 is 2.00 bits per heavy atom. The molecule has 0 radical (unpaired) electrons. The number of carboxylic acids is 1. The fourth-order valence-electron chi connectivity index (χ4n) is 3.77. The number of amides is 1. The van der Waals surface area contributed by atoms with Gasteiger partial charge < -0.3 is 10.4 Å². The number of hydrogen-bond acceptors (Lipinski definition) is 3. The Balaban J connectivity index is 2.05. The minimum atomic E-state index is -1.04. The molecule has 1 aliphatic heterocycles. The second kappa shape index (κ2) is 5.58. The lowest BCUT2D eigenvalue weighted by molar-refractivity contribution is -0.147. The molecule has 4 nitrogen and oxygen atoms in total. The molecule has 1 saturated heterocycles. The van der Waals surface area contributed by atoms with Gasteiger partial charge in [0.2, 0.25) is 5.91 Å². The zero-order valence-corrected chi connectivity index (χ0v) is 13.4. The molecule has 1 amide bonds. The molecule has 0 aromatic carbocycles. The van der Waals surface area contributed by atoms with Crippen molar-refractivity contribution >= 4 is 23.6 Å².